The summed E-state index contributed by atoms with van der Waals surface area (Å²) >= 11 is 0. The largest absolute Gasteiger partial charge is 0.472 e. The summed E-state index contributed by atoms with van der Waals surface area (Å²) in [6.45, 7) is 4.95. The molecule has 8 nitrogen and oxygen atoms in total. The van der Waals surface area contributed by atoms with Crippen LogP contribution in [0.25, 0.3) is 0 Å². The second kappa shape index (κ2) is 51.4. The molecule has 0 rings (SSSR count). The Morgan fingerprint density at radius 2 is 0.706 bits per heavy atom. The van der Waals surface area contributed by atoms with E-state index in [1.165, 1.54) is 257 Å². The topological polar surface area (TPSA) is 105 Å². The molecule has 0 aromatic carbocycles. The fourth-order valence-corrected chi connectivity index (χ4v) is 10.3. The second-order valence-electron chi connectivity index (χ2n) is 22.4. The third kappa shape index (κ3) is 53.3. The molecule has 3 unspecified atom stereocenters. The van der Waals surface area contributed by atoms with Crippen LogP contribution in [0.2, 0.25) is 0 Å². The number of phosphoric ester groups is 1. The van der Waals surface area contributed by atoms with Crippen molar-refractivity contribution in [3.8, 4) is 0 Å². The van der Waals surface area contributed by atoms with Gasteiger partial charge in [0.2, 0.25) is 5.91 Å². The Morgan fingerprint density at radius 3 is 0.985 bits per heavy atom. The molecule has 0 saturated heterocycles. The number of amides is 1. The Hall–Kier alpha value is -0.500. The number of hydrogen-bond donors (Lipinski definition) is 3. The van der Waals surface area contributed by atoms with E-state index in [4.69, 9.17) is 9.05 Å². The van der Waals surface area contributed by atoms with E-state index in [-0.39, 0.29) is 19.1 Å². The van der Waals surface area contributed by atoms with Crippen LogP contribution in [0.15, 0.2) is 0 Å². The zero-order valence-electron chi connectivity index (χ0n) is 46.6. The minimum atomic E-state index is -4.32. The van der Waals surface area contributed by atoms with Crippen molar-refractivity contribution < 1.29 is 32.9 Å². The first-order valence-electron chi connectivity index (χ1n) is 30.4. The van der Waals surface area contributed by atoms with Crippen LogP contribution in [0.4, 0.5) is 0 Å². The third-order valence-corrected chi connectivity index (χ3v) is 15.3. The fourth-order valence-electron chi connectivity index (χ4n) is 9.58. The number of nitrogens with zero attached hydrogens (tertiary/aromatic N) is 1. The molecule has 0 aromatic heterocycles. The van der Waals surface area contributed by atoms with E-state index in [1.54, 1.807) is 0 Å². The maximum absolute atomic E-state index is 13.0. The van der Waals surface area contributed by atoms with E-state index in [1.807, 2.05) is 21.1 Å². The van der Waals surface area contributed by atoms with Gasteiger partial charge in [0, 0.05) is 6.42 Å². The van der Waals surface area contributed by atoms with Gasteiger partial charge in [-0.25, -0.2) is 4.57 Å². The van der Waals surface area contributed by atoms with Crippen LogP contribution in [0.1, 0.15) is 322 Å². The summed E-state index contributed by atoms with van der Waals surface area (Å²) in [6.07, 6.45) is 61.6. The number of rotatable bonds is 57. The van der Waals surface area contributed by atoms with Crippen LogP contribution in [-0.2, 0) is 18.4 Å². The van der Waals surface area contributed by atoms with Gasteiger partial charge >= 0.3 is 7.82 Å². The molecular weight excluding hydrogens is 864 g/mol. The average molecular weight is 987 g/mol. The number of nitrogens with one attached hydrogen (secondary N) is 1. The number of aliphatic hydroxyl groups is 1. The molecule has 3 N–H and O–H groups in total. The van der Waals surface area contributed by atoms with Crippen LogP contribution < -0.4 is 5.32 Å². The number of carbonyl (C=O) groups is 1. The SMILES string of the molecule is CCCCCCCCCCCCCCCCCCCCCCCCCCCC(O)C(COP(=O)(O)OCC[N+](C)(C)C)NC(=O)CCCCCCCCCCCCCCCCCCCCCCC. The zero-order valence-corrected chi connectivity index (χ0v) is 47.5. The van der Waals surface area contributed by atoms with Gasteiger partial charge in [-0.3, -0.25) is 13.8 Å². The molecule has 0 fully saturated rings. The van der Waals surface area contributed by atoms with Crippen LogP contribution in [0.5, 0.6) is 0 Å². The van der Waals surface area contributed by atoms with Gasteiger partial charge in [-0.2, -0.15) is 0 Å². The predicted molar refractivity (Wildman–Crippen MR) is 296 cm³/mol. The van der Waals surface area contributed by atoms with Gasteiger partial charge in [0.25, 0.3) is 0 Å². The lowest BCUT2D eigenvalue weighted by molar-refractivity contribution is -0.870. The summed E-state index contributed by atoms with van der Waals surface area (Å²) < 4.78 is 23.8. The molecule has 1 amide bonds. The van der Waals surface area contributed by atoms with Crippen molar-refractivity contribution in [2.24, 2.45) is 0 Å². The Labute approximate surface area is 425 Å². The summed E-state index contributed by atoms with van der Waals surface area (Å²) in [5.41, 5.74) is 0. The summed E-state index contributed by atoms with van der Waals surface area (Å²) in [5, 5.41) is 14.1. The molecule has 408 valence electrons. The van der Waals surface area contributed by atoms with Crippen LogP contribution in [-0.4, -0.2) is 73.4 Å². The number of hydrogen-bond acceptors (Lipinski definition) is 5. The van der Waals surface area contributed by atoms with Gasteiger partial charge in [0.1, 0.15) is 13.2 Å². The lowest BCUT2D eigenvalue weighted by atomic mass is 10.0. The molecule has 0 spiro atoms. The minimum absolute atomic E-state index is 0.0793. The van der Waals surface area contributed by atoms with Gasteiger partial charge in [-0.15, -0.1) is 0 Å². The maximum Gasteiger partial charge on any atom is 0.472 e. The normalized spacial score (nSPS) is 13.8. The number of aliphatic hydroxyl groups excluding tert-OH is 1. The number of likely N-dealkylation sites (N-methyl/N-ethyl adjacent to an activating group) is 1. The van der Waals surface area contributed by atoms with E-state index in [2.05, 4.69) is 19.2 Å². The van der Waals surface area contributed by atoms with Crippen LogP contribution in [0.3, 0.4) is 0 Å². The van der Waals surface area contributed by atoms with Crippen molar-refractivity contribution in [3.05, 3.63) is 0 Å². The van der Waals surface area contributed by atoms with Gasteiger partial charge in [0.05, 0.1) is 39.9 Å². The van der Waals surface area contributed by atoms with Crippen LogP contribution >= 0.6 is 7.82 Å². The predicted octanol–water partition coefficient (Wildman–Crippen LogP) is 18.4. The molecule has 0 radical (unpaired) electrons. The Bertz CT molecular complexity index is 1070. The molecule has 68 heavy (non-hydrogen) atoms. The van der Waals surface area contributed by atoms with Crippen molar-refractivity contribution in [2.75, 3.05) is 40.9 Å². The lowest BCUT2D eigenvalue weighted by Gasteiger charge is -2.26. The smallest absolute Gasteiger partial charge is 0.391 e. The van der Waals surface area contributed by atoms with Crippen molar-refractivity contribution in [1.29, 1.82) is 0 Å². The van der Waals surface area contributed by atoms with Crippen LogP contribution in [0, 0.1) is 0 Å². The standard InChI is InChI=1S/C59H121N2O6P/c1-6-8-10-12-14-16-18-20-22-24-26-28-29-30-31-33-34-36-38-40-42-44-46-48-50-52-58(62)57(56-67-68(64,65)66-55-54-61(3,4)5)60-59(63)53-51-49-47-45-43-41-39-37-35-32-27-25-23-21-19-17-15-13-11-9-7-2/h57-58,62H,6-56H2,1-5H3,(H-,60,63,64,65)/p+1. The monoisotopic (exact) mass is 986 g/mol. The van der Waals surface area contributed by atoms with Gasteiger partial charge in [-0.1, -0.05) is 303 Å². The third-order valence-electron chi connectivity index (χ3n) is 14.4. The molecule has 0 saturated carbocycles. The number of phosphoric acid groups is 1. The highest BCUT2D eigenvalue weighted by atomic mass is 31.2. The molecule has 0 aliphatic heterocycles. The molecule has 3 atom stereocenters. The fraction of sp³-hybridized carbons (Fsp3) is 0.983. The molecule has 9 heteroatoms. The highest BCUT2D eigenvalue weighted by Gasteiger charge is 2.28. The van der Waals surface area contributed by atoms with Gasteiger partial charge in [-0.05, 0) is 12.8 Å². The number of unbranched alkanes of at least 4 members (excludes halogenated alkanes) is 44. The first-order chi connectivity index (χ1) is 33.0. The van der Waals surface area contributed by atoms with E-state index >= 15 is 0 Å². The first kappa shape index (κ1) is 67.5. The second-order valence-corrected chi connectivity index (χ2v) is 23.9. The molecule has 0 aromatic rings. The van der Waals surface area contributed by atoms with Gasteiger partial charge < -0.3 is 19.8 Å². The Morgan fingerprint density at radius 1 is 0.441 bits per heavy atom. The van der Waals surface area contributed by atoms with E-state index in [0.717, 1.165) is 38.5 Å². The molecule has 0 heterocycles. The van der Waals surface area contributed by atoms with E-state index < -0.39 is 20.0 Å². The zero-order chi connectivity index (χ0) is 49.9. The van der Waals surface area contributed by atoms with Crippen molar-refractivity contribution >= 4 is 13.7 Å². The highest BCUT2D eigenvalue weighted by Crippen LogP contribution is 2.43. The number of quaternary nitrogens is 1. The van der Waals surface area contributed by atoms with Gasteiger partial charge in [0.15, 0.2) is 0 Å². The summed E-state index contributed by atoms with van der Waals surface area (Å²) in [4.78, 5) is 23.4. The molecule has 0 aliphatic carbocycles. The quantitative estimate of drug-likeness (QED) is 0.0319. The number of carbonyl (C=O) groups excluding carboxylic acids is 1. The van der Waals surface area contributed by atoms with E-state index in [9.17, 15) is 19.4 Å². The molecular formula is C59H122N2O6P+. The van der Waals surface area contributed by atoms with Crippen molar-refractivity contribution in [3.63, 3.8) is 0 Å². The minimum Gasteiger partial charge on any atom is -0.391 e. The maximum atomic E-state index is 13.0. The lowest BCUT2D eigenvalue weighted by Crippen LogP contribution is -2.46. The van der Waals surface area contributed by atoms with Crippen molar-refractivity contribution in [2.45, 2.75) is 334 Å². The average Bonchev–Trinajstić information content (AvgIpc) is 3.30. The Balaban J connectivity index is 4.09. The highest BCUT2D eigenvalue weighted by molar-refractivity contribution is 7.47. The Kier molecular flexibility index (Phi) is 51.0. The summed E-state index contributed by atoms with van der Waals surface area (Å²) in [6, 6.07) is -0.755. The summed E-state index contributed by atoms with van der Waals surface area (Å²) in [5.74, 6) is -0.135. The van der Waals surface area contributed by atoms with E-state index in [0.29, 0.717) is 23.9 Å². The molecule has 0 aliphatic rings. The summed E-state index contributed by atoms with van der Waals surface area (Å²) in [7, 11) is 1.64. The first-order valence-corrected chi connectivity index (χ1v) is 31.9. The molecule has 0 bridgehead atoms. The van der Waals surface area contributed by atoms with Crippen molar-refractivity contribution in [1.82, 2.24) is 5.32 Å².